The molecule has 3 rings (SSSR count). The fraction of sp³-hybridized carbons (Fsp3) is 0.625. The average molecular weight is 447 g/mol. The van der Waals surface area contributed by atoms with Gasteiger partial charge in [0.25, 0.3) is 0 Å². The van der Waals surface area contributed by atoms with Gasteiger partial charge < -0.3 is 10.6 Å². The third kappa shape index (κ3) is 4.37. The van der Waals surface area contributed by atoms with Gasteiger partial charge in [-0.05, 0) is 31.6 Å². The van der Waals surface area contributed by atoms with Crippen molar-refractivity contribution in [3.05, 3.63) is 23.5 Å². The van der Waals surface area contributed by atoms with E-state index in [9.17, 15) is 0 Å². The fourth-order valence-corrected chi connectivity index (χ4v) is 3.68. The number of guanidine groups is 1. The Kier molecular flexibility index (Phi) is 6.70. The molecular weight excluding hydrogens is 421 g/mol. The van der Waals surface area contributed by atoms with Gasteiger partial charge in [-0.3, -0.25) is 4.40 Å². The Bertz CT molecular complexity index is 610. The summed E-state index contributed by atoms with van der Waals surface area (Å²) in [6, 6.07) is 0. The molecule has 2 aromatic heterocycles. The minimum Gasteiger partial charge on any atom is -0.357 e. The maximum absolute atomic E-state index is 4.68. The molecule has 0 amide bonds. The van der Waals surface area contributed by atoms with Gasteiger partial charge in [0.15, 0.2) is 10.9 Å². The molecule has 1 saturated carbocycles. The lowest BCUT2D eigenvalue weighted by atomic mass is 9.67. The zero-order valence-electron chi connectivity index (χ0n) is 13.8. The van der Waals surface area contributed by atoms with Crippen molar-refractivity contribution in [1.29, 1.82) is 0 Å². The van der Waals surface area contributed by atoms with Crippen molar-refractivity contribution in [2.24, 2.45) is 10.4 Å². The molecule has 1 aliphatic carbocycles. The van der Waals surface area contributed by atoms with Gasteiger partial charge in [0.2, 0.25) is 0 Å². The van der Waals surface area contributed by atoms with Crippen LogP contribution in [0.15, 0.2) is 22.8 Å². The summed E-state index contributed by atoms with van der Waals surface area (Å²) >= 11 is 1.65. The van der Waals surface area contributed by atoms with E-state index in [1.807, 2.05) is 11.6 Å². The van der Waals surface area contributed by atoms with Gasteiger partial charge in [-0.1, -0.05) is 13.3 Å². The maximum atomic E-state index is 4.68. The number of nitrogens with one attached hydrogen (secondary N) is 2. The third-order valence-corrected chi connectivity index (χ3v) is 5.45. The van der Waals surface area contributed by atoms with Gasteiger partial charge in [0.05, 0.1) is 12.2 Å². The Hall–Kier alpha value is -0.830. The Morgan fingerprint density at radius 1 is 1.39 bits per heavy atom. The summed E-state index contributed by atoms with van der Waals surface area (Å²) in [4.78, 5) is 10.3. The number of nitrogens with zero attached hydrogens (tertiary/aromatic N) is 3. The molecule has 2 aromatic rings. The normalized spacial score (nSPS) is 16.7. The van der Waals surface area contributed by atoms with Crippen LogP contribution in [0.25, 0.3) is 4.96 Å². The van der Waals surface area contributed by atoms with Crippen LogP contribution in [0.4, 0.5) is 0 Å². The van der Waals surface area contributed by atoms with Gasteiger partial charge in [-0.15, -0.1) is 35.3 Å². The molecule has 0 aromatic carbocycles. The van der Waals surface area contributed by atoms with E-state index in [4.69, 9.17) is 0 Å². The van der Waals surface area contributed by atoms with Gasteiger partial charge in [0.1, 0.15) is 0 Å². The molecule has 1 fully saturated rings. The zero-order valence-corrected chi connectivity index (χ0v) is 17.0. The summed E-state index contributed by atoms with van der Waals surface area (Å²) in [6.07, 6.45) is 9.38. The predicted molar refractivity (Wildman–Crippen MR) is 108 cm³/mol. The molecule has 1 aliphatic rings. The van der Waals surface area contributed by atoms with Gasteiger partial charge in [-0.2, -0.15) is 0 Å². The van der Waals surface area contributed by atoms with Gasteiger partial charge in [0, 0.05) is 30.9 Å². The van der Waals surface area contributed by atoms with E-state index < -0.39 is 0 Å². The molecule has 23 heavy (non-hydrogen) atoms. The van der Waals surface area contributed by atoms with Crippen molar-refractivity contribution in [1.82, 2.24) is 20.0 Å². The molecule has 0 radical (unpaired) electrons. The summed E-state index contributed by atoms with van der Waals surface area (Å²) in [5.74, 6) is 0.901. The van der Waals surface area contributed by atoms with E-state index in [0.29, 0.717) is 12.0 Å². The van der Waals surface area contributed by atoms with E-state index >= 15 is 0 Å². The molecule has 0 saturated heterocycles. The highest BCUT2D eigenvalue weighted by Gasteiger charge is 2.34. The van der Waals surface area contributed by atoms with Crippen molar-refractivity contribution < 1.29 is 0 Å². The highest BCUT2D eigenvalue weighted by molar-refractivity contribution is 14.0. The molecular formula is C16H26IN5S. The van der Waals surface area contributed by atoms with E-state index in [1.54, 1.807) is 11.3 Å². The summed E-state index contributed by atoms with van der Waals surface area (Å²) in [7, 11) is 0. The first kappa shape index (κ1) is 18.5. The van der Waals surface area contributed by atoms with Crippen LogP contribution in [0, 0.1) is 5.41 Å². The number of aromatic nitrogens is 2. The lowest BCUT2D eigenvalue weighted by Crippen LogP contribution is -2.46. The second kappa shape index (κ2) is 8.32. The summed E-state index contributed by atoms with van der Waals surface area (Å²) in [6.45, 7) is 6.91. The molecule has 0 atom stereocenters. The quantitative estimate of drug-likeness (QED) is 0.404. The lowest BCUT2D eigenvalue weighted by molar-refractivity contribution is 0.131. The first-order valence-corrected chi connectivity index (χ1v) is 9.06. The van der Waals surface area contributed by atoms with Gasteiger partial charge in [-0.25, -0.2) is 9.98 Å². The van der Waals surface area contributed by atoms with E-state index in [1.165, 1.54) is 25.7 Å². The third-order valence-electron chi connectivity index (χ3n) is 4.68. The van der Waals surface area contributed by atoms with E-state index in [0.717, 1.165) is 29.7 Å². The van der Waals surface area contributed by atoms with Crippen LogP contribution in [-0.4, -0.2) is 28.4 Å². The second-order valence-corrected chi connectivity index (χ2v) is 6.95. The minimum absolute atomic E-state index is 0. The Morgan fingerprint density at radius 3 is 2.83 bits per heavy atom. The second-order valence-electron chi connectivity index (χ2n) is 6.08. The standard InChI is InChI=1S/C16H25N5S.HI/c1-3-16(6-5-7-16)12-19-14(17-4-2)18-10-13-11-21-8-9-22-15(21)20-13;/h8-9,11H,3-7,10,12H2,1-2H3,(H2,17,18,19);1H. The van der Waals surface area contributed by atoms with Gasteiger partial charge >= 0.3 is 0 Å². The van der Waals surface area contributed by atoms with Crippen molar-refractivity contribution in [2.75, 3.05) is 13.1 Å². The Labute approximate surface area is 159 Å². The van der Waals surface area contributed by atoms with Crippen LogP contribution >= 0.6 is 35.3 Å². The number of fused-ring (bicyclic) bond motifs is 1. The van der Waals surface area contributed by atoms with Crippen molar-refractivity contribution in [3.63, 3.8) is 0 Å². The minimum atomic E-state index is 0. The predicted octanol–water partition coefficient (Wildman–Crippen LogP) is 3.65. The molecule has 7 heteroatoms. The Morgan fingerprint density at radius 2 is 2.22 bits per heavy atom. The highest BCUT2D eigenvalue weighted by Crippen LogP contribution is 2.42. The summed E-state index contributed by atoms with van der Waals surface area (Å²) in [5.41, 5.74) is 1.51. The molecule has 0 bridgehead atoms. The molecule has 0 unspecified atom stereocenters. The maximum Gasteiger partial charge on any atom is 0.193 e. The van der Waals surface area contributed by atoms with Crippen LogP contribution < -0.4 is 10.6 Å². The molecule has 2 heterocycles. The number of hydrogen-bond acceptors (Lipinski definition) is 3. The number of halogens is 1. The van der Waals surface area contributed by atoms with E-state index in [2.05, 4.69) is 45.1 Å². The summed E-state index contributed by atoms with van der Waals surface area (Å²) < 4.78 is 2.05. The first-order chi connectivity index (χ1) is 10.7. The van der Waals surface area contributed by atoms with Crippen LogP contribution in [0.5, 0.6) is 0 Å². The molecule has 0 spiro atoms. The zero-order chi connectivity index (χ0) is 15.4. The Balaban J connectivity index is 0.00000192. The van der Waals surface area contributed by atoms with Crippen LogP contribution in [-0.2, 0) is 6.54 Å². The molecule has 128 valence electrons. The SMILES string of the molecule is CCNC(=NCc1cn2ccsc2n1)NCC1(CC)CCC1.I. The largest absolute Gasteiger partial charge is 0.357 e. The van der Waals surface area contributed by atoms with E-state index in [-0.39, 0.29) is 24.0 Å². The first-order valence-electron chi connectivity index (χ1n) is 8.18. The molecule has 0 aliphatic heterocycles. The average Bonchev–Trinajstić information content (AvgIpc) is 3.04. The van der Waals surface area contributed by atoms with Crippen LogP contribution in [0.2, 0.25) is 0 Å². The monoisotopic (exact) mass is 447 g/mol. The molecule has 2 N–H and O–H groups in total. The molecule has 5 nitrogen and oxygen atoms in total. The van der Waals surface area contributed by atoms with Crippen molar-refractivity contribution in [3.8, 4) is 0 Å². The number of aliphatic imine (C=N–C) groups is 1. The number of hydrogen-bond donors (Lipinski definition) is 2. The summed E-state index contributed by atoms with van der Waals surface area (Å²) in [5, 5.41) is 8.90. The fourth-order valence-electron chi connectivity index (χ4n) is 2.96. The number of rotatable bonds is 6. The lowest BCUT2D eigenvalue weighted by Gasteiger charge is -2.41. The van der Waals surface area contributed by atoms with Crippen molar-refractivity contribution >= 4 is 46.2 Å². The number of imidazole rings is 1. The number of thiazole rings is 1. The van der Waals surface area contributed by atoms with Crippen molar-refractivity contribution in [2.45, 2.75) is 46.1 Å². The smallest absolute Gasteiger partial charge is 0.193 e. The van der Waals surface area contributed by atoms with Crippen LogP contribution in [0.3, 0.4) is 0 Å². The topological polar surface area (TPSA) is 53.7 Å². The highest BCUT2D eigenvalue weighted by atomic mass is 127. The van der Waals surface area contributed by atoms with Crippen LogP contribution in [0.1, 0.15) is 45.2 Å².